The van der Waals surface area contributed by atoms with Crippen LogP contribution in [0.2, 0.25) is 0 Å². The molecule has 1 saturated heterocycles. The quantitative estimate of drug-likeness (QED) is 0.387. The lowest BCUT2D eigenvalue weighted by Crippen LogP contribution is -2.46. The number of aryl methyl sites for hydroxylation is 1. The Balaban J connectivity index is 1.15. The summed E-state index contributed by atoms with van der Waals surface area (Å²) in [6, 6.07) is 15.7. The summed E-state index contributed by atoms with van der Waals surface area (Å²) >= 11 is 0. The Morgan fingerprint density at radius 3 is 2.44 bits per heavy atom. The maximum Gasteiger partial charge on any atom is 0.319 e. The van der Waals surface area contributed by atoms with Crippen LogP contribution in [-0.4, -0.2) is 61.0 Å². The van der Waals surface area contributed by atoms with E-state index in [0.717, 1.165) is 45.7 Å². The molecule has 3 N–H and O–H groups in total. The number of amides is 3. The lowest BCUT2D eigenvalue weighted by atomic mass is 10.2. The highest BCUT2D eigenvalue weighted by Gasteiger charge is 2.17. The highest BCUT2D eigenvalue weighted by molar-refractivity contribution is 6.05. The fraction of sp³-hybridized carbons (Fsp3) is 0.333. The van der Waals surface area contributed by atoms with Gasteiger partial charge in [-0.25, -0.2) is 9.18 Å². The van der Waals surface area contributed by atoms with Crippen molar-refractivity contribution in [1.82, 2.24) is 15.1 Å². The van der Waals surface area contributed by atoms with Gasteiger partial charge in [-0.2, -0.15) is 0 Å². The van der Waals surface area contributed by atoms with Crippen molar-refractivity contribution < 1.29 is 18.4 Å². The second-order valence-electron chi connectivity index (χ2n) is 8.88. The summed E-state index contributed by atoms with van der Waals surface area (Å²) in [7, 11) is 0. The highest BCUT2D eigenvalue weighted by Crippen LogP contribution is 2.21. The number of nitrogens with one attached hydrogen (secondary N) is 3. The van der Waals surface area contributed by atoms with E-state index in [1.165, 1.54) is 36.1 Å². The third kappa shape index (κ3) is 7.16. The summed E-state index contributed by atoms with van der Waals surface area (Å²) in [5, 5.41) is 8.04. The van der Waals surface area contributed by atoms with Crippen molar-refractivity contribution in [3.8, 4) is 0 Å². The lowest BCUT2D eigenvalue weighted by Gasteiger charge is -2.34. The maximum absolute atomic E-state index is 14.2. The smallest absolute Gasteiger partial charge is 0.319 e. The molecule has 1 fully saturated rings. The Morgan fingerprint density at radius 1 is 0.972 bits per heavy atom. The summed E-state index contributed by atoms with van der Waals surface area (Å²) in [6.45, 7) is 8.18. The molecule has 36 heavy (non-hydrogen) atoms. The number of nitrogens with zero attached hydrogens (tertiary/aromatic N) is 2. The van der Waals surface area contributed by atoms with Gasteiger partial charge in [0.1, 0.15) is 11.6 Å². The van der Waals surface area contributed by atoms with E-state index in [-0.39, 0.29) is 11.7 Å². The molecule has 0 atom stereocenters. The van der Waals surface area contributed by atoms with Crippen LogP contribution in [0.15, 0.2) is 65.3 Å². The molecule has 3 amide bonds. The van der Waals surface area contributed by atoms with Gasteiger partial charge in [-0.1, -0.05) is 30.3 Å². The van der Waals surface area contributed by atoms with E-state index in [1.807, 2.05) is 6.07 Å². The molecule has 1 aromatic heterocycles. The molecule has 9 heteroatoms. The number of halogens is 1. The molecule has 0 spiro atoms. The molecule has 190 valence electrons. The molecule has 0 bridgehead atoms. The normalized spacial score (nSPS) is 14.4. The minimum atomic E-state index is -0.598. The van der Waals surface area contributed by atoms with E-state index in [2.05, 4.69) is 50.0 Å². The Bertz CT molecular complexity index is 1160. The zero-order valence-corrected chi connectivity index (χ0v) is 20.4. The Morgan fingerprint density at radius 2 is 1.72 bits per heavy atom. The van der Waals surface area contributed by atoms with Gasteiger partial charge in [0.25, 0.3) is 5.91 Å². The summed E-state index contributed by atoms with van der Waals surface area (Å²) in [6.07, 6.45) is 2.23. The monoisotopic (exact) mass is 493 g/mol. The molecule has 1 aliphatic rings. The molecular weight excluding hydrogens is 461 g/mol. The van der Waals surface area contributed by atoms with E-state index in [4.69, 9.17) is 4.42 Å². The number of urea groups is 1. The van der Waals surface area contributed by atoms with Gasteiger partial charge in [-0.3, -0.25) is 9.69 Å². The minimum Gasteiger partial charge on any atom is -0.469 e. The number of piperazine rings is 1. The van der Waals surface area contributed by atoms with Crippen molar-refractivity contribution in [2.24, 2.45) is 0 Å². The topological polar surface area (TPSA) is 89.8 Å². The molecule has 1 aliphatic heterocycles. The third-order valence-corrected chi connectivity index (χ3v) is 6.23. The van der Waals surface area contributed by atoms with E-state index in [9.17, 15) is 14.0 Å². The molecule has 0 unspecified atom stereocenters. The number of carbonyl (C=O) groups is 2. The van der Waals surface area contributed by atoms with Crippen LogP contribution < -0.4 is 16.0 Å². The van der Waals surface area contributed by atoms with Gasteiger partial charge in [0.2, 0.25) is 0 Å². The van der Waals surface area contributed by atoms with Crippen molar-refractivity contribution in [2.45, 2.75) is 19.9 Å². The zero-order valence-electron chi connectivity index (χ0n) is 20.4. The summed E-state index contributed by atoms with van der Waals surface area (Å²) < 4.78 is 19.3. The van der Waals surface area contributed by atoms with Gasteiger partial charge in [-0.05, 0) is 49.7 Å². The van der Waals surface area contributed by atoms with Crippen molar-refractivity contribution in [1.29, 1.82) is 0 Å². The standard InChI is InChI=1S/C27H32FN5O3/c1-20-23(10-17-36-20)26(34)31-25-18-22(8-9-24(25)28)30-27(35)29-11-5-12-32-13-15-33(16-14-32)19-21-6-3-2-4-7-21/h2-4,6-10,17-18H,5,11-16,19H2,1H3,(H,31,34)(H2,29,30,35). The van der Waals surface area contributed by atoms with Crippen molar-refractivity contribution in [3.63, 3.8) is 0 Å². The van der Waals surface area contributed by atoms with Gasteiger partial charge in [0.15, 0.2) is 0 Å². The van der Waals surface area contributed by atoms with Crippen LogP contribution in [0.25, 0.3) is 0 Å². The SMILES string of the molecule is Cc1occc1C(=O)Nc1cc(NC(=O)NCCCN2CCN(Cc3ccccc3)CC2)ccc1F. The molecule has 2 heterocycles. The number of benzene rings is 2. The first kappa shape index (κ1) is 25.4. The fourth-order valence-electron chi connectivity index (χ4n) is 4.20. The van der Waals surface area contributed by atoms with Crippen molar-refractivity contribution in [3.05, 3.63) is 83.6 Å². The Hall–Kier alpha value is -3.69. The Kier molecular flexibility index (Phi) is 8.70. The van der Waals surface area contributed by atoms with Crippen LogP contribution in [0.4, 0.5) is 20.6 Å². The number of rotatable bonds is 9. The van der Waals surface area contributed by atoms with Crippen molar-refractivity contribution in [2.75, 3.05) is 49.9 Å². The molecule has 3 aromatic rings. The van der Waals surface area contributed by atoms with Gasteiger partial charge in [0, 0.05) is 45.0 Å². The predicted octanol–water partition coefficient (Wildman–Crippen LogP) is 4.31. The van der Waals surface area contributed by atoms with Crippen LogP contribution in [-0.2, 0) is 6.54 Å². The predicted molar refractivity (Wildman–Crippen MR) is 138 cm³/mol. The molecule has 4 rings (SSSR count). The van der Waals surface area contributed by atoms with Crippen LogP contribution in [0.5, 0.6) is 0 Å². The third-order valence-electron chi connectivity index (χ3n) is 6.23. The molecule has 0 aliphatic carbocycles. The summed E-state index contributed by atoms with van der Waals surface area (Å²) in [5.41, 5.74) is 2.01. The first-order valence-electron chi connectivity index (χ1n) is 12.2. The molecule has 8 nitrogen and oxygen atoms in total. The van der Waals surface area contributed by atoms with Gasteiger partial charge < -0.3 is 25.3 Å². The first-order valence-corrected chi connectivity index (χ1v) is 12.2. The largest absolute Gasteiger partial charge is 0.469 e. The van der Waals surface area contributed by atoms with E-state index in [1.54, 1.807) is 6.92 Å². The van der Waals surface area contributed by atoms with E-state index >= 15 is 0 Å². The summed E-state index contributed by atoms with van der Waals surface area (Å²) in [4.78, 5) is 29.5. The number of furan rings is 1. The first-order chi connectivity index (χ1) is 17.5. The van der Waals surface area contributed by atoms with Gasteiger partial charge >= 0.3 is 6.03 Å². The maximum atomic E-state index is 14.2. The summed E-state index contributed by atoms with van der Waals surface area (Å²) in [5.74, 6) is -0.641. The second kappa shape index (κ2) is 12.3. The fourth-order valence-corrected chi connectivity index (χ4v) is 4.20. The second-order valence-corrected chi connectivity index (χ2v) is 8.88. The van der Waals surface area contributed by atoms with Gasteiger partial charge in [-0.15, -0.1) is 0 Å². The average molecular weight is 494 g/mol. The highest BCUT2D eigenvalue weighted by atomic mass is 19.1. The van der Waals surface area contributed by atoms with Crippen molar-refractivity contribution >= 4 is 23.3 Å². The number of hydrogen-bond acceptors (Lipinski definition) is 5. The number of hydrogen-bond donors (Lipinski definition) is 3. The van der Waals surface area contributed by atoms with Crippen LogP contribution in [0.1, 0.15) is 28.1 Å². The lowest BCUT2D eigenvalue weighted by molar-refractivity contribution is 0.102. The zero-order chi connectivity index (χ0) is 25.3. The molecule has 0 saturated carbocycles. The molecule has 2 aromatic carbocycles. The Labute approximate surface area is 210 Å². The van der Waals surface area contributed by atoms with Crippen LogP contribution in [0, 0.1) is 12.7 Å². The molecule has 0 radical (unpaired) electrons. The van der Waals surface area contributed by atoms with Gasteiger partial charge in [0.05, 0.1) is 17.5 Å². The van der Waals surface area contributed by atoms with Crippen LogP contribution in [0.3, 0.4) is 0 Å². The number of carbonyl (C=O) groups excluding carboxylic acids is 2. The van der Waals surface area contributed by atoms with E-state index < -0.39 is 11.7 Å². The van der Waals surface area contributed by atoms with Crippen LogP contribution >= 0.6 is 0 Å². The minimum absolute atomic E-state index is 0.0233. The number of anilines is 2. The van der Waals surface area contributed by atoms with E-state index in [0.29, 0.717) is 23.6 Å². The average Bonchev–Trinajstić information content (AvgIpc) is 3.31. The molecular formula is C27H32FN5O3.